The molecule has 0 radical (unpaired) electrons. The Morgan fingerprint density at radius 2 is 1.49 bits per heavy atom. The summed E-state index contributed by atoms with van der Waals surface area (Å²) in [5, 5.41) is 31.0. The Labute approximate surface area is 280 Å². The van der Waals surface area contributed by atoms with Crippen molar-refractivity contribution in [1.82, 2.24) is 10.8 Å². The third-order valence-corrected chi connectivity index (χ3v) is 5.00. The number of phenolic OH excluding ortho intramolecular Hbond substituents is 2. The maximum absolute atomic E-state index is 11.5. The van der Waals surface area contributed by atoms with Crippen LogP contribution in [0.4, 0.5) is 5.69 Å². The van der Waals surface area contributed by atoms with E-state index in [0.29, 0.717) is 28.4 Å². The second-order valence-electron chi connectivity index (χ2n) is 8.15. The lowest BCUT2D eigenvalue weighted by molar-refractivity contribution is -0.117. The van der Waals surface area contributed by atoms with E-state index in [4.69, 9.17) is 26.4 Å². The lowest BCUT2D eigenvalue weighted by Crippen LogP contribution is -2.30. The van der Waals surface area contributed by atoms with Crippen LogP contribution in [-0.2, 0) is 14.5 Å². The zero-order valence-electron chi connectivity index (χ0n) is 29.8. The number of aromatic hydroxyl groups is 2. The summed E-state index contributed by atoms with van der Waals surface area (Å²) in [7, 11) is 1.62. The SMILES string of the molecule is C=C(/N=C(NC(C)=O)\C(C=N)=C/C)Nc1ccc(/C(=C/C(=C)ON)N=C(C)ONC)cc1.CC.CC.CC.Cc1c(O)cccc1O. The number of hydrogen-bond donors (Lipinski definition) is 7. The predicted octanol–water partition coefficient (Wildman–Crippen LogP) is 7.50. The van der Waals surface area contributed by atoms with Crippen LogP contribution >= 0.6 is 0 Å². The molecule has 0 spiro atoms. The number of hydrogen-bond acceptors (Lipinski definition) is 11. The van der Waals surface area contributed by atoms with E-state index in [9.17, 15) is 4.79 Å². The third kappa shape index (κ3) is 19.7. The minimum absolute atomic E-state index is 0.134. The lowest BCUT2D eigenvalue weighted by Gasteiger charge is -2.11. The molecule has 0 aliphatic rings. The van der Waals surface area contributed by atoms with Gasteiger partial charge in [0, 0.05) is 55.6 Å². The average Bonchev–Trinajstić information content (AvgIpc) is 3.07. The zero-order chi connectivity index (χ0) is 36.9. The van der Waals surface area contributed by atoms with Crippen molar-refractivity contribution in [3.8, 4) is 11.5 Å². The predicted molar refractivity (Wildman–Crippen MR) is 197 cm³/mol. The van der Waals surface area contributed by atoms with Crippen LogP contribution in [-0.4, -0.2) is 41.1 Å². The van der Waals surface area contributed by atoms with E-state index in [1.807, 2.05) is 53.7 Å². The number of carbonyl (C=O) groups excluding carboxylic acids is 1. The number of nitrogens with two attached hydrogens (primary N) is 1. The van der Waals surface area contributed by atoms with Crippen molar-refractivity contribution in [1.29, 1.82) is 5.41 Å². The molecular weight excluding hydrogens is 598 g/mol. The Kier molecular flexibility index (Phi) is 27.8. The summed E-state index contributed by atoms with van der Waals surface area (Å²) < 4.78 is 0. The van der Waals surface area contributed by atoms with Crippen molar-refractivity contribution >= 4 is 35.2 Å². The van der Waals surface area contributed by atoms with Crippen LogP contribution < -0.4 is 22.0 Å². The van der Waals surface area contributed by atoms with Gasteiger partial charge in [0.2, 0.25) is 11.8 Å². The summed E-state index contributed by atoms with van der Waals surface area (Å²) in [5.74, 6) is 6.24. The first kappa shape index (κ1) is 46.2. The van der Waals surface area contributed by atoms with Gasteiger partial charge in [0.15, 0.2) is 0 Å². The van der Waals surface area contributed by atoms with E-state index in [0.717, 1.165) is 11.8 Å². The maximum Gasteiger partial charge on any atom is 0.222 e. The van der Waals surface area contributed by atoms with Gasteiger partial charge in [-0.15, -0.1) is 0 Å². The van der Waals surface area contributed by atoms with Crippen molar-refractivity contribution in [2.75, 3.05) is 12.4 Å². The number of amides is 1. The quantitative estimate of drug-likeness (QED) is 0.0451. The minimum Gasteiger partial charge on any atom is -0.508 e. The summed E-state index contributed by atoms with van der Waals surface area (Å²) in [5.41, 5.74) is 5.50. The van der Waals surface area contributed by atoms with Gasteiger partial charge in [-0.3, -0.25) is 4.79 Å². The summed E-state index contributed by atoms with van der Waals surface area (Å²) in [6.07, 6.45) is 4.34. The molecule has 0 aliphatic heterocycles. The molecule has 0 heterocycles. The van der Waals surface area contributed by atoms with Gasteiger partial charge in [-0.2, -0.15) is 11.4 Å². The number of amidine groups is 1. The number of aliphatic imine (C=N–C) groups is 2. The highest BCUT2D eigenvalue weighted by atomic mass is 16.6. The van der Waals surface area contributed by atoms with E-state index in [1.165, 1.54) is 19.1 Å². The zero-order valence-corrected chi connectivity index (χ0v) is 29.8. The smallest absolute Gasteiger partial charge is 0.222 e. The minimum atomic E-state index is -0.303. The number of rotatable bonds is 10. The van der Waals surface area contributed by atoms with E-state index < -0.39 is 0 Å². The van der Waals surface area contributed by atoms with Crippen LogP contribution in [0.1, 0.15) is 73.4 Å². The normalized spacial score (nSPS) is 10.8. The standard InChI is InChI=1S/C22H29N7O3.C7H8O2.3C2H6/c1-7-18(13-23)22(28-16(4)30)27-15(3)26-20-10-8-19(9-11-20)21(12-14(2)31-24)29-17(5)32-25-6;1-5-6(8)3-2-4-7(5)9;3*1-2/h7-13,23,25-26H,2-3,24H2,1,4-6H3,(H,27,28,30);2-4,8-9H,1H3;3*1-2H3/b18-7-,21-12-,23-13?,29-17?;;;;. The molecule has 0 saturated heterocycles. The van der Waals surface area contributed by atoms with Gasteiger partial charge in [-0.1, -0.05) is 79.0 Å². The van der Waals surface area contributed by atoms with Crippen molar-refractivity contribution in [2.24, 2.45) is 15.9 Å². The summed E-state index contributed by atoms with van der Waals surface area (Å²) in [6.45, 7) is 26.0. The molecule has 0 aromatic heterocycles. The number of carbonyl (C=O) groups is 1. The number of nitrogens with one attached hydrogen (secondary N) is 4. The highest BCUT2D eigenvalue weighted by Gasteiger charge is 2.08. The molecule has 2 aromatic carbocycles. The van der Waals surface area contributed by atoms with Crippen molar-refractivity contribution in [3.05, 3.63) is 96.1 Å². The van der Waals surface area contributed by atoms with E-state index in [-0.39, 0.29) is 34.8 Å². The highest BCUT2D eigenvalue weighted by molar-refractivity contribution is 6.18. The number of allylic oxidation sites excluding steroid dienone is 2. The molecular formula is C35H55N7O5. The molecule has 2 aromatic rings. The van der Waals surface area contributed by atoms with Crippen LogP contribution in [0, 0.1) is 12.3 Å². The van der Waals surface area contributed by atoms with Gasteiger partial charge in [0.1, 0.15) is 28.9 Å². The number of phenols is 2. The monoisotopic (exact) mass is 653 g/mol. The van der Waals surface area contributed by atoms with E-state index >= 15 is 0 Å². The molecule has 8 N–H and O–H groups in total. The summed E-state index contributed by atoms with van der Waals surface area (Å²) in [6, 6.07) is 11.9. The first-order valence-electron chi connectivity index (χ1n) is 15.2. The Hall–Kier alpha value is -5.20. The number of benzene rings is 2. The van der Waals surface area contributed by atoms with E-state index in [2.05, 4.69) is 44.1 Å². The largest absolute Gasteiger partial charge is 0.508 e. The summed E-state index contributed by atoms with van der Waals surface area (Å²) in [4.78, 5) is 29.9. The topological polar surface area (TPSA) is 187 Å². The Morgan fingerprint density at radius 3 is 1.89 bits per heavy atom. The molecule has 0 fully saturated rings. The molecule has 260 valence electrons. The average molecular weight is 654 g/mol. The Bertz CT molecular complexity index is 1340. The van der Waals surface area contributed by atoms with Crippen molar-refractivity contribution in [2.45, 2.75) is 69.2 Å². The second-order valence-corrected chi connectivity index (χ2v) is 8.15. The molecule has 0 aliphatic carbocycles. The molecule has 0 bridgehead atoms. The molecule has 1 amide bonds. The van der Waals surface area contributed by atoms with Crippen LogP contribution in [0.25, 0.3) is 5.70 Å². The van der Waals surface area contributed by atoms with Crippen molar-refractivity contribution < 1.29 is 24.7 Å². The Balaban J connectivity index is -0.00000107. The Morgan fingerprint density at radius 1 is 0.957 bits per heavy atom. The fourth-order valence-corrected chi connectivity index (χ4v) is 2.99. The van der Waals surface area contributed by atoms with Crippen LogP contribution in [0.2, 0.25) is 0 Å². The van der Waals surface area contributed by atoms with Gasteiger partial charge >= 0.3 is 0 Å². The molecule has 0 saturated carbocycles. The molecule has 12 heteroatoms. The molecule has 47 heavy (non-hydrogen) atoms. The van der Waals surface area contributed by atoms with Gasteiger partial charge in [-0.25, -0.2) is 9.98 Å². The molecule has 12 nitrogen and oxygen atoms in total. The van der Waals surface area contributed by atoms with Crippen molar-refractivity contribution in [3.63, 3.8) is 0 Å². The van der Waals surface area contributed by atoms with Gasteiger partial charge in [-0.05, 0) is 38.1 Å². The third-order valence-electron chi connectivity index (χ3n) is 5.00. The van der Waals surface area contributed by atoms with E-state index in [1.54, 1.807) is 58.2 Å². The van der Waals surface area contributed by atoms with Crippen LogP contribution in [0.15, 0.2) is 94.9 Å². The number of hydroxylamine groups is 1. The maximum atomic E-state index is 11.5. The lowest BCUT2D eigenvalue weighted by atomic mass is 10.1. The van der Waals surface area contributed by atoms with Gasteiger partial charge in [0.05, 0.1) is 5.70 Å². The fraction of sp³-hybridized carbons (Fsp3) is 0.314. The van der Waals surface area contributed by atoms with Crippen LogP contribution in [0.5, 0.6) is 11.5 Å². The van der Waals surface area contributed by atoms with Gasteiger partial charge in [0.25, 0.3) is 0 Å². The molecule has 2 rings (SSSR count). The molecule has 0 unspecified atom stereocenters. The number of anilines is 1. The summed E-state index contributed by atoms with van der Waals surface area (Å²) >= 11 is 0. The highest BCUT2D eigenvalue weighted by Crippen LogP contribution is 2.24. The fourth-order valence-electron chi connectivity index (χ4n) is 2.99. The second kappa shape index (κ2) is 28.3. The number of nitrogens with zero attached hydrogens (tertiary/aromatic N) is 2. The van der Waals surface area contributed by atoms with Gasteiger partial charge < -0.3 is 35.9 Å². The first-order valence-corrected chi connectivity index (χ1v) is 15.2. The molecule has 0 atom stereocenters. The first-order chi connectivity index (χ1) is 22.4. The van der Waals surface area contributed by atoms with Crippen LogP contribution in [0.3, 0.4) is 0 Å².